The van der Waals surface area contributed by atoms with Gasteiger partial charge in [-0.05, 0) is 29.0 Å². The van der Waals surface area contributed by atoms with Crippen molar-refractivity contribution in [1.82, 2.24) is 10.2 Å². The van der Waals surface area contributed by atoms with E-state index in [1.54, 1.807) is 12.1 Å². The summed E-state index contributed by atoms with van der Waals surface area (Å²) >= 11 is 5.66. The fourth-order valence-electron chi connectivity index (χ4n) is 1.82. The van der Waals surface area contributed by atoms with Gasteiger partial charge in [0.25, 0.3) is 0 Å². The van der Waals surface area contributed by atoms with Crippen LogP contribution in [-0.4, -0.2) is 10.2 Å². The van der Waals surface area contributed by atoms with Gasteiger partial charge in [0, 0.05) is 6.07 Å². The Kier molecular flexibility index (Phi) is 3.29. The van der Waals surface area contributed by atoms with Crippen LogP contribution in [0.5, 0.6) is 11.6 Å². The first-order valence-corrected chi connectivity index (χ1v) is 6.44. The highest BCUT2D eigenvalue weighted by atomic mass is 35.5. The predicted molar refractivity (Wildman–Crippen MR) is 75.6 cm³/mol. The number of hydrogen-bond donors (Lipinski definition) is 0. The van der Waals surface area contributed by atoms with Gasteiger partial charge in [-0.2, -0.15) is 5.10 Å². The lowest BCUT2D eigenvalue weighted by atomic mass is 10.1. The van der Waals surface area contributed by atoms with Gasteiger partial charge < -0.3 is 4.74 Å². The lowest BCUT2D eigenvalue weighted by Gasteiger charge is -2.05. The van der Waals surface area contributed by atoms with Crippen molar-refractivity contribution >= 4 is 22.4 Å². The van der Waals surface area contributed by atoms with Crippen LogP contribution in [0.25, 0.3) is 10.8 Å². The predicted octanol–water partition coefficient (Wildman–Crippen LogP) is 4.16. The molecule has 0 amide bonds. The highest BCUT2D eigenvalue weighted by Crippen LogP contribution is 2.24. The first kappa shape index (κ1) is 11.9. The summed E-state index contributed by atoms with van der Waals surface area (Å²) in [5.41, 5.74) is 0.729. The number of hydrogen-bond acceptors (Lipinski definition) is 3. The fraction of sp³-hybridized carbons (Fsp3) is 0.0667. The van der Waals surface area contributed by atoms with Crippen molar-refractivity contribution in [2.45, 2.75) is 5.88 Å². The van der Waals surface area contributed by atoms with E-state index in [0.717, 1.165) is 16.8 Å². The molecule has 19 heavy (non-hydrogen) atoms. The van der Waals surface area contributed by atoms with Crippen molar-refractivity contribution in [3.63, 3.8) is 0 Å². The van der Waals surface area contributed by atoms with Gasteiger partial charge in [-0.25, -0.2) is 0 Å². The second kappa shape index (κ2) is 5.24. The Morgan fingerprint density at radius 1 is 0.895 bits per heavy atom. The first-order valence-electron chi connectivity index (χ1n) is 5.90. The minimum absolute atomic E-state index is 0.350. The summed E-state index contributed by atoms with van der Waals surface area (Å²) < 4.78 is 5.67. The van der Waals surface area contributed by atoms with Gasteiger partial charge in [0.05, 0.1) is 11.6 Å². The van der Waals surface area contributed by atoms with E-state index in [0.29, 0.717) is 11.8 Å². The number of benzene rings is 2. The third kappa shape index (κ3) is 2.66. The Bertz CT molecular complexity index is 698. The molecule has 0 N–H and O–H groups in total. The van der Waals surface area contributed by atoms with Crippen LogP contribution >= 0.6 is 11.6 Å². The number of fused-ring (bicyclic) bond motifs is 1. The van der Waals surface area contributed by atoms with Gasteiger partial charge in [0.15, 0.2) is 0 Å². The molecule has 0 atom stereocenters. The second-order valence-corrected chi connectivity index (χ2v) is 4.37. The fourth-order valence-corrected chi connectivity index (χ4v) is 1.97. The first-order chi connectivity index (χ1) is 9.35. The quantitative estimate of drug-likeness (QED) is 0.670. The minimum atomic E-state index is 0.350. The topological polar surface area (TPSA) is 35.0 Å². The molecule has 0 fully saturated rings. The summed E-state index contributed by atoms with van der Waals surface area (Å²) in [5, 5.41) is 10.2. The van der Waals surface area contributed by atoms with Crippen LogP contribution in [0.1, 0.15) is 5.69 Å². The van der Waals surface area contributed by atoms with Gasteiger partial charge in [0.2, 0.25) is 5.88 Å². The largest absolute Gasteiger partial charge is 0.438 e. The molecule has 0 radical (unpaired) electrons. The zero-order valence-corrected chi connectivity index (χ0v) is 10.8. The number of halogens is 1. The minimum Gasteiger partial charge on any atom is -0.438 e. The molecule has 3 rings (SSSR count). The summed E-state index contributed by atoms with van der Waals surface area (Å²) in [7, 11) is 0. The van der Waals surface area contributed by atoms with Crippen molar-refractivity contribution < 1.29 is 4.74 Å². The summed E-state index contributed by atoms with van der Waals surface area (Å²) in [4.78, 5) is 0. The smallest absolute Gasteiger partial charge is 0.238 e. The van der Waals surface area contributed by atoms with Crippen LogP contribution in [-0.2, 0) is 5.88 Å². The molecular formula is C15H11ClN2O. The van der Waals surface area contributed by atoms with Crippen molar-refractivity contribution in [2.24, 2.45) is 0 Å². The van der Waals surface area contributed by atoms with Gasteiger partial charge in [0.1, 0.15) is 5.75 Å². The molecular weight excluding hydrogens is 260 g/mol. The van der Waals surface area contributed by atoms with Gasteiger partial charge in [-0.3, -0.25) is 0 Å². The molecule has 4 heteroatoms. The normalized spacial score (nSPS) is 10.6. The summed E-state index contributed by atoms with van der Waals surface area (Å²) in [5.74, 6) is 1.55. The summed E-state index contributed by atoms with van der Waals surface area (Å²) in [6.07, 6.45) is 0. The maximum Gasteiger partial charge on any atom is 0.238 e. The van der Waals surface area contributed by atoms with E-state index >= 15 is 0 Å². The summed E-state index contributed by atoms with van der Waals surface area (Å²) in [6, 6.07) is 17.6. The number of rotatable bonds is 3. The maximum absolute atomic E-state index is 5.67. The molecule has 3 nitrogen and oxygen atoms in total. The van der Waals surface area contributed by atoms with E-state index in [4.69, 9.17) is 16.3 Å². The molecule has 2 aromatic carbocycles. The lowest BCUT2D eigenvalue weighted by Crippen LogP contribution is -1.93. The molecule has 0 saturated heterocycles. The van der Waals surface area contributed by atoms with E-state index in [9.17, 15) is 0 Å². The van der Waals surface area contributed by atoms with Gasteiger partial charge in [-0.15, -0.1) is 16.7 Å². The summed E-state index contributed by atoms with van der Waals surface area (Å²) in [6.45, 7) is 0. The molecule has 0 aliphatic carbocycles. The highest BCUT2D eigenvalue weighted by molar-refractivity contribution is 6.16. The average molecular weight is 271 g/mol. The Morgan fingerprint density at radius 3 is 2.47 bits per heavy atom. The maximum atomic E-state index is 5.67. The van der Waals surface area contributed by atoms with Gasteiger partial charge >= 0.3 is 0 Å². The molecule has 0 aliphatic rings. The third-order valence-electron chi connectivity index (χ3n) is 2.78. The number of ether oxygens (including phenoxy) is 1. The highest BCUT2D eigenvalue weighted by Gasteiger charge is 2.01. The van der Waals surface area contributed by atoms with Crippen LogP contribution in [0.3, 0.4) is 0 Å². The van der Waals surface area contributed by atoms with E-state index in [1.165, 1.54) is 5.39 Å². The Balaban J connectivity index is 1.87. The monoisotopic (exact) mass is 270 g/mol. The number of aromatic nitrogens is 2. The van der Waals surface area contributed by atoms with Crippen LogP contribution < -0.4 is 4.74 Å². The van der Waals surface area contributed by atoms with E-state index in [-0.39, 0.29) is 0 Å². The number of nitrogens with zero attached hydrogens (tertiary/aromatic N) is 2. The molecule has 1 heterocycles. The van der Waals surface area contributed by atoms with Crippen molar-refractivity contribution in [1.29, 1.82) is 0 Å². The molecule has 0 saturated carbocycles. The van der Waals surface area contributed by atoms with Crippen LogP contribution in [0, 0.1) is 0 Å². The molecule has 0 unspecified atom stereocenters. The Morgan fingerprint density at radius 2 is 1.74 bits per heavy atom. The van der Waals surface area contributed by atoms with E-state index in [1.807, 2.05) is 36.4 Å². The van der Waals surface area contributed by atoms with Crippen molar-refractivity contribution in [3.05, 3.63) is 60.3 Å². The molecule has 0 bridgehead atoms. The SMILES string of the molecule is ClCc1ccc(Oc2ccc3ccccc3c2)nn1. The second-order valence-electron chi connectivity index (χ2n) is 4.11. The molecule has 94 valence electrons. The molecule has 1 aromatic heterocycles. The van der Waals surface area contributed by atoms with E-state index < -0.39 is 0 Å². The van der Waals surface area contributed by atoms with Crippen molar-refractivity contribution in [3.8, 4) is 11.6 Å². The Labute approximate surface area is 115 Å². The molecule has 0 aliphatic heterocycles. The van der Waals surface area contributed by atoms with E-state index in [2.05, 4.69) is 16.3 Å². The van der Waals surface area contributed by atoms with Gasteiger partial charge in [-0.1, -0.05) is 30.3 Å². The third-order valence-corrected chi connectivity index (χ3v) is 3.05. The van der Waals surface area contributed by atoms with Crippen LogP contribution in [0.15, 0.2) is 54.6 Å². The zero-order valence-electron chi connectivity index (χ0n) is 10.1. The lowest BCUT2D eigenvalue weighted by molar-refractivity contribution is 0.455. The van der Waals surface area contributed by atoms with Crippen molar-refractivity contribution in [2.75, 3.05) is 0 Å². The Hall–Kier alpha value is -2.13. The average Bonchev–Trinajstić information content (AvgIpc) is 2.48. The molecule has 3 aromatic rings. The molecule has 0 spiro atoms. The number of alkyl halides is 1. The van der Waals surface area contributed by atoms with Crippen LogP contribution in [0.2, 0.25) is 0 Å². The standard InChI is InChI=1S/C15H11ClN2O/c16-10-13-6-8-15(18-17-13)19-14-7-5-11-3-1-2-4-12(11)9-14/h1-9H,10H2. The zero-order chi connectivity index (χ0) is 13.1. The van der Waals surface area contributed by atoms with Crippen LogP contribution in [0.4, 0.5) is 0 Å².